The first kappa shape index (κ1) is 12.7. The van der Waals surface area contributed by atoms with Crippen LogP contribution in [0.4, 0.5) is 0 Å². The molecule has 0 aliphatic heterocycles. The Bertz CT molecular complexity index is 153. The molecular formula is C6H9ClMg2. The molecule has 0 aromatic heterocycles. The van der Waals surface area contributed by atoms with Crippen LogP contribution >= 0.6 is 11.6 Å². The van der Waals surface area contributed by atoms with E-state index in [4.69, 9.17) is 11.6 Å². The molecule has 0 saturated carbocycles. The Morgan fingerprint density at radius 1 is 1.00 bits per heavy atom. The number of halogens is 1. The van der Waals surface area contributed by atoms with Crippen LogP contribution in [0.5, 0.6) is 0 Å². The molecule has 1 aromatic carbocycles. The van der Waals surface area contributed by atoms with Crippen molar-refractivity contribution in [1.29, 1.82) is 0 Å². The van der Waals surface area contributed by atoms with Crippen LogP contribution in [0.2, 0.25) is 5.02 Å². The molecule has 0 spiro atoms. The van der Waals surface area contributed by atoms with Crippen molar-refractivity contribution < 1.29 is 5.71 Å². The fourth-order valence-corrected chi connectivity index (χ4v) is 0.560. The van der Waals surface area contributed by atoms with E-state index in [-0.39, 0.29) is 51.8 Å². The molecule has 0 fully saturated rings. The van der Waals surface area contributed by atoms with Crippen molar-refractivity contribution in [1.82, 2.24) is 0 Å². The Balaban J connectivity index is -0.0000000204. The van der Waals surface area contributed by atoms with Crippen molar-refractivity contribution in [2.45, 2.75) is 0 Å². The minimum atomic E-state index is 0. The normalized spacial score (nSPS) is 6.78. The second-order valence-corrected chi connectivity index (χ2v) is 1.73. The summed E-state index contributed by atoms with van der Waals surface area (Å²) in [6.07, 6.45) is 0. The molecule has 44 valence electrons. The molecule has 9 heavy (non-hydrogen) atoms. The van der Waals surface area contributed by atoms with Gasteiger partial charge in [-0.2, -0.15) is 0 Å². The summed E-state index contributed by atoms with van der Waals surface area (Å²) in [5.41, 5.74) is 0. The molecule has 3 heteroatoms. The quantitative estimate of drug-likeness (QED) is 0.516. The summed E-state index contributed by atoms with van der Waals surface area (Å²) in [6, 6.07) is 9.44. The fourth-order valence-electron chi connectivity index (χ4n) is 0.415. The zero-order valence-corrected chi connectivity index (χ0v) is 8.76. The largest absolute Gasteiger partial charge is 2.00 e. The summed E-state index contributed by atoms with van der Waals surface area (Å²) in [4.78, 5) is 0. The predicted molar refractivity (Wildman–Crippen MR) is 47.4 cm³/mol. The zero-order chi connectivity index (χ0) is 5.11. The van der Waals surface area contributed by atoms with E-state index >= 15 is 0 Å². The van der Waals surface area contributed by atoms with Gasteiger partial charge in [0.05, 0.1) is 0 Å². The molecule has 0 N–H and O–H groups in total. The number of hydrogen-bond acceptors (Lipinski definition) is 0. The molecule has 0 radical (unpaired) electrons. The SMILES string of the molecule is Clc1ccccc1.[H-].[H-].[H-].[H-].[Mg+2].[Mg+2]. The molecule has 0 bridgehead atoms. The summed E-state index contributed by atoms with van der Waals surface area (Å²) >= 11 is 5.54. The van der Waals surface area contributed by atoms with Gasteiger partial charge < -0.3 is 5.71 Å². The van der Waals surface area contributed by atoms with Crippen LogP contribution in [0.1, 0.15) is 5.71 Å². The van der Waals surface area contributed by atoms with Crippen LogP contribution in [0.25, 0.3) is 0 Å². The third-order valence-corrected chi connectivity index (χ3v) is 0.985. The third kappa shape index (κ3) is 5.48. The topological polar surface area (TPSA) is 0 Å². The molecular weight excluding hydrogens is 156 g/mol. The van der Waals surface area contributed by atoms with Gasteiger partial charge in [-0.05, 0) is 12.1 Å². The minimum absolute atomic E-state index is 0. The number of benzene rings is 1. The van der Waals surface area contributed by atoms with E-state index in [9.17, 15) is 0 Å². The minimum Gasteiger partial charge on any atom is -1.00 e. The van der Waals surface area contributed by atoms with Crippen LogP contribution in [0.15, 0.2) is 30.3 Å². The summed E-state index contributed by atoms with van der Waals surface area (Å²) in [6.45, 7) is 0. The smallest absolute Gasteiger partial charge is 1.00 e. The van der Waals surface area contributed by atoms with Crippen LogP contribution in [-0.2, 0) is 0 Å². The van der Waals surface area contributed by atoms with Gasteiger partial charge >= 0.3 is 46.1 Å². The second kappa shape index (κ2) is 7.15. The predicted octanol–water partition coefficient (Wildman–Crippen LogP) is 2.03. The van der Waals surface area contributed by atoms with Gasteiger partial charge in [-0.15, -0.1) is 0 Å². The molecule has 0 atom stereocenters. The standard InChI is InChI=1S/C6H5Cl.2Mg.4H/c7-6-4-2-1-3-5-6;;;;;;/h1-5H;;;;;;/q;2*+2;4*-1. The van der Waals surface area contributed by atoms with E-state index in [0.717, 1.165) is 5.02 Å². The van der Waals surface area contributed by atoms with Crippen LogP contribution in [0, 0.1) is 0 Å². The van der Waals surface area contributed by atoms with Crippen molar-refractivity contribution in [3.63, 3.8) is 0 Å². The summed E-state index contributed by atoms with van der Waals surface area (Å²) in [7, 11) is 0. The molecule has 0 amide bonds. The van der Waals surface area contributed by atoms with Crippen molar-refractivity contribution >= 4 is 57.7 Å². The molecule has 0 saturated heterocycles. The van der Waals surface area contributed by atoms with Gasteiger partial charge in [0.15, 0.2) is 0 Å². The first-order chi connectivity index (χ1) is 3.39. The van der Waals surface area contributed by atoms with Gasteiger partial charge in [-0.1, -0.05) is 29.8 Å². The first-order valence-electron chi connectivity index (χ1n) is 2.10. The maximum absolute atomic E-state index is 5.54. The van der Waals surface area contributed by atoms with Gasteiger partial charge in [0, 0.05) is 5.02 Å². The van der Waals surface area contributed by atoms with Crippen molar-refractivity contribution in [2.24, 2.45) is 0 Å². The molecule has 0 nitrogen and oxygen atoms in total. The molecule has 0 heterocycles. The maximum Gasteiger partial charge on any atom is 2.00 e. The van der Waals surface area contributed by atoms with Gasteiger partial charge in [0.2, 0.25) is 0 Å². The Hall–Kier alpha value is 1.04. The van der Waals surface area contributed by atoms with Crippen molar-refractivity contribution in [2.75, 3.05) is 0 Å². The molecule has 1 aromatic rings. The zero-order valence-electron chi connectivity index (χ0n) is 9.18. The van der Waals surface area contributed by atoms with Gasteiger partial charge in [-0.25, -0.2) is 0 Å². The Kier molecular flexibility index (Phi) is 10.1. The second-order valence-electron chi connectivity index (χ2n) is 1.30. The molecule has 1 rings (SSSR count). The van der Waals surface area contributed by atoms with Gasteiger partial charge in [0.25, 0.3) is 0 Å². The van der Waals surface area contributed by atoms with Crippen molar-refractivity contribution in [3.8, 4) is 0 Å². The summed E-state index contributed by atoms with van der Waals surface area (Å²) in [5.74, 6) is 0. The van der Waals surface area contributed by atoms with Crippen molar-refractivity contribution in [3.05, 3.63) is 35.4 Å². The monoisotopic (exact) mass is 164 g/mol. The fraction of sp³-hybridized carbons (Fsp3) is 0. The van der Waals surface area contributed by atoms with E-state index in [1.54, 1.807) is 0 Å². The van der Waals surface area contributed by atoms with Gasteiger partial charge in [-0.3, -0.25) is 0 Å². The molecule has 0 unspecified atom stereocenters. The van der Waals surface area contributed by atoms with E-state index in [1.165, 1.54) is 0 Å². The summed E-state index contributed by atoms with van der Waals surface area (Å²) < 4.78 is 0. The van der Waals surface area contributed by atoms with E-state index in [0.29, 0.717) is 0 Å². The number of rotatable bonds is 0. The Labute approximate surface area is 98.2 Å². The maximum atomic E-state index is 5.54. The van der Waals surface area contributed by atoms with Gasteiger partial charge in [0.1, 0.15) is 0 Å². The summed E-state index contributed by atoms with van der Waals surface area (Å²) in [5, 5.41) is 0.794. The Morgan fingerprint density at radius 2 is 1.44 bits per heavy atom. The van der Waals surface area contributed by atoms with E-state index < -0.39 is 0 Å². The van der Waals surface area contributed by atoms with Crippen LogP contribution < -0.4 is 0 Å². The van der Waals surface area contributed by atoms with Crippen LogP contribution in [0.3, 0.4) is 0 Å². The van der Waals surface area contributed by atoms with E-state index in [1.807, 2.05) is 30.3 Å². The Morgan fingerprint density at radius 3 is 1.67 bits per heavy atom. The van der Waals surface area contributed by atoms with Crippen LogP contribution in [-0.4, -0.2) is 46.1 Å². The third-order valence-electron chi connectivity index (χ3n) is 0.733. The molecule has 0 aliphatic carbocycles. The average molecular weight is 165 g/mol. The average Bonchev–Trinajstić information content (AvgIpc) is 1.69. The number of hydrogen-bond donors (Lipinski definition) is 0. The molecule has 0 aliphatic rings. The first-order valence-corrected chi connectivity index (χ1v) is 2.48. The van der Waals surface area contributed by atoms with E-state index in [2.05, 4.69) is 0 Å².